The van der Waals surface area contributed by atoms with E-state index in [1.807, 2.05) is 6.07 Å². The van der Waals surface area contributed by atoms with Crippen molar-refractivity contribution >= 4 is 11.6 Å². The standard InChI is InChI=1S/C14H20ClNO/c1-10-7-11(13(17-2)12(15)8-10)14(9-16)5-3-4-6-14/h7-8H,3-6,9,16H2,1-2H3. The lowest BCUT2D eigenvalue weighted by Gasteiger charge is -2.30. The lowest BCUT2D eigenvalue weighted by atomic mass is 9.78. The average molecular weight is 254 g/mol. The van der Waals surface area contributed by atoms with Crippen LogP contribution < -0.4 is 10.5 Å². The lowest BCUT2D eigenvalue weighted by molar-refractivity contribution is 0.377. The molecule has 1 saturated carbocycles. The predicted octanol–water partition coefficient (Wildman–Crippen LogP) is 3.43. The highest BCUT2D eigenvalue weighted by molar-refractivity contribution is 6.32. The highest BCUT2D eigenvalue weighted by Gasteiger charge is 2.37. The molecular formula is C14H20ClNO. The van der Waals surface area contributed by atoms with Crippen LogP contribution in [-0.2, 0) is 5.41 Å². The van der Waals surface area contributed by atoms with E-state index in [4.69, 9.17) is 22.1 Å². The largest absolute Gasteiger partial charge is 0.495 e. The van der Waals surface area contributed by atoms with Crippen LogP contribution >= 0.6 is 11.6 Å². The van der Waals surface area contributed by atoms with Gasteiger partial charge in [-0.3, -0.25) is 0 Å². The van der Waals surface area contributed by atoms with E-state index in [1.165, 1.54) is 24.0 Å². The van der Waals surface area contributed by atoms with E-state index in [-0.39, 0.29) is 5.41 Å². The zero-order chi connectivity index (χ0) is 12.5. The topological polar surface area (TPSA) is 35.2 Å². The van der Waals surface area contributed by atoms with E-state index in [1.54, 1.807) is 7.11 Å². The number of ether oxygens (including phenoxy) is 1. The van der Waals surface area contributed by atoms with Gasteiger partial charge >= 0.3 is 0 Å². The van der Waals surface area contributed by atoms with Crippen molar-refractivity contribution in [2.24, 2.45) is 5.73 Å². The third kappa shape index (κ3) is 2.16. The molecule has 0 amide bonds. The Kier molecular flexibility index (Phi) is 3.64. The van der Waals surface area contributed by atoms with Gasteiger partial charge in [0.15, 0.2) is 0 Å². The molecule has 1 aliphatic rings. The van der Waals surface area contributed by atoms with E-state index in [2.05, 4.69) is 13.0 Å². The molecule has 1 aliphatic carbocycles. The van der Waals surface area contributed by atoms with Crippen molar-refractivity contribution in [2.75, 3.05) is 13.7 Å². The van der Waals surface area contributed by atoms with Gasteiger partial charge in [-0.25, -0.2) is 0 Å². The maximum Gasteiger partial charge on any atom is 0.141 e. The number of rotatable bonds is 3. The van der Waals surface area contributed by atoms with Gasteiger partial charge in [-0.15, -0.1) is 0 Å². The minimum atomic E-state index is 0.0704. The van der Waals surface area contributed by atoms with Gasteiger partial charge in [-0.05, 0) is 31.4 Å². The van der Waals surface area contributed by atoms with Gasteiger partial charge < -0.3 is 10.5 Å². The van der Waals surface area contributed by atoms with Crippen molar-refractivity contribution in [1.29, 1.82) is 0 Å². The maximum absolute atomic E-state index is 6.27. The number of hydrogen-bond acceptors (Lipinski definition) is 2. The van der Waals surface area contributed by atoms with Crippen molar-refractivity contribution in [3.8, 4) is 5.75 Å². The molecule has 2 nitrogen and oxygen atoms in total. The van der Waals surface area contributed by atoms with Gasteiger partial charge in [-0.1, -0.05) is 30.5 Å². The summed E-state index contributed by atoms with van der Waals surface area (Å²) in [4.78, 5) is 0. The van der Waals surface area contributed by atoms with Crippen LogP contribution in [0.2, 0.25) is 5.02 Å². The summed E-state index contributed by atoms with van der Waals surface area (Å²) in [5.41, 5.74) is 8.47. The summed E-state index contributed by atoms with van der Waals surface area (Å²) in [6, 6.07) is 4.13. The first-order valence-electron chi connectivity index (χ1n) is 6.17. The fourth-order valence-electron chi connectivity index (χ4n) is 2.97. The average Bonchev–Trinajstić information content (AvgIpc) is 2.77. The van der Waals surface area contributed by atoms with Gasteiger partial charge in [0.1, 0.15) is 5.75 Å². The molecule has 1 aromatic carbocycles. The molecule has 1 aromatic rings. The van der Waals surface area contributed by atoms with Gasteiger partial charge in [0.25, 0.3) is 0 Å². The Labute approximate surface area is 108 Å². The number of benzene rings is 1. The minimum Gasteiger partial charge on any atom is -0.495 e. The SMILES string of the molecule is COc1c(Cl)cc(C)cc1C1(CN)CCCC1. The quantitative estimate of drug-likeness (QED) is 0.896. The van der Waals surface area contributed by atoms with Gasteiger partial charge in [0.2, 0.25) is 0 Å². The summed E-state index contributed by atoms with van der Waals surface area (Å²) in [5, 5.41) is 0.697. The third-order valence-electron chi connectivity index (χ3n) is 3.91. The molecule has 0 saturated heterocycles. The molecule has 0 heterocycles. The van der Waals surface area contributed by atoms with E-state index in [0.29, 0.717) is 11.6 Å². The van der Waals surface area contributed by atoms with Crippen LogP contribution in [0, 0.1) is 6.92 Å². The lowest BCUT2D eigenvalue weighted by Crippen LogP contribution is -2.32. The van der Waals surface area contributed by atoms with Crippen LogP contribution in [0.15, 0.2) is 12.1 Å². The summed E-state index contributed by atoms with van der Waals surface area (Å²) in [5.74, 6) is 0.810. The summed E-state index contributed by atoms with van der Waals surface area (Å²) in [6.45, 7) is 2.73. The van der Waals surface area contributed by atoms with E-state index < -0.39 is 0 Å². The smallest absolute Gasteiger partial charge is 0.141 e. The summed E-state index contributed by atoms with van der Waals surface area (Å²) in [7, 11) is 1.68. The Bertz CT molecular complexity index is 411. The summed E-state index contributed by atoms with van der Waals surface area (Å²) in [6.07, 6.45) is 4.76. The first kappa shape index (κ1) is 12.7. The zero-order valence-corrected chi connectivity index (χ0v) is 11.3. The number of nitrogens with two attached hydrogens (primary N) is 1. The van der Waals surface area contributed by atoms with Gasteiger partial charge in [-0.2, -0.15) is 0 Å². The first-order valence-corrected chi connectivity index (χ1v) is 6.55. The molecule has 1 fully saturated rings. The molecule has 17 heavy (non-hydrogen) atoms. The fourth-order valence-corrected chi connectivity index (χ4v) is 3.32. The van der Waals surface area contributed by atoms with Crippen molar-refractivity contribution < 1.29 is 4.74 Å². The van der Waals surface area contributed by atoms with Crippen LogP contribution in [0.4, 0.5) is 0 Å². The van der Waals surface area contributed by atoms with E-state index in [9.17, 15) is 0 Å². The van der Waals surface area contributed by atoms with E-state index >= 15 is 0 Å². The highest BCUT2D eigenvalue weighted by atomic mass is 35.5. The molecule has 3 heteroatoms. The van der Waals surface area contributed by atoms with E-state index in [0.717, 1.165) is 18.6 Å². The van der Waals surface area contributed by atoms with Crippen molar-refractivity contribution in [3.63, 3.8) is 0 Å². The molecule has 0 aliphatic heterocycles. The molecule has 0 bridgehead atoms. The van der Waals surface area contributed by atoms with Crippen molar-refractivity contribution in [2.45, 2.75) is 38.0 Å². The minimum absolute atomic E-state index is 0.0704. The van der Waals surface area contributed by atoms with Crippen LogP contribution in [-0.4, -0.2) is 13.7 Å². The Balaban J connectivity index is 2.56. The molecule has 0 spiro atoms. The predicted molar refractivity (Wildman–Crippen MR) is 71.9 cm³/mol. The Morgan fingerprint density at radius 2 is 2.00 bits per heavy atom. The summed E-state index contributed by atoms with van der Waals surface area (Å²) < 4.78 is 5.48. The number of aryl methyl sites for hydroxylation is 1. The maximum atomic E-state index is 6.27. The monoisotopic (exact) mass is 253 g/mol. The summed E-state index contributed by atoms with van der Waals surface area (Å²) >= 11 is 6.27. The number of methoxy groups -OCH3 is 1. The Hall–Kier alpha value is -0.730. The third-order valence-corrected chi connectivity index (χ3v) is 4.20. The van der Waals surface area contributed by atoms with Crippen LogP contribution in [0.1, 0.15) is 36.8 Å². The Morgan fingerprint density at radius 1 is 1.35 bits per heavy atom. The second kappa shape index (κ2) is 4.87. The molecule has 0 unspecified atom stereocenters. The first-order chi connectivity index (χ1) is 8.13. The fraction of sp³-hybridized carbons (Fsp3) is 0.571. The second-order valence-corrected chi connectivity index (χ2v) is 5.43. The van der Waals surface area contributed by atoms with Crippen LogP contribution in [0.25, 0.3) is 0 Å². The molecule has 0 aromatic heterocycles. The molecule has 94 valence electrons. The van der Waals surface area contributed by atoms with Gasteiger partial charge in [0, 0.05) is 17.5 Å². The van der Waals surface area contributed by atoms with Crippen molar-refractivity contribution in [3.05, 3.63) is 28.3 Å². The normalized spacial score (nSPS) is 18.4. The van der Waals surface area contributed by atoms with Gasteiger partial charge in [0.05, 0.1) is 12.1 Å². The van der Waals surface area contributed by atoms with Crippen molar-refractivity contribution in [1.82, 2.24) is 0 Å². The van der Waals surface area contributed by atoms with Crippen LogP contribution in [0.3, 0.4) is 0 Å². The molecule has 0 radical (unpaired) electrons. The molecule has 2 rings (SSSR count). The second-order valence-electron chi connectivity index (χ2n) is 5.02. The molecular weight excluding hydrogens is 234 g/mol. The zero-order valence-electron chi connectivity index (χ0n) is 10.6. The highest BCUT2D eigenvalue weighted by Crippen LogP contribution is 2.46. The van der Waals surface area contributed by atoms with Crippen LogP contribution in [0.5, 0.6) is 5.75 Å². The molecule has 0 atom stereocenters. The number of hydrogen-bond donors (Lipinski definition) is 1. The number of halogens is 1. The molecule has 2 N–H and O–H groups in total. The Morgan fingerprint density at radius 3 is 2.53 bits per heavy atom.